The summed E-state index contributed by atoms with van der Waals surface area (Å²) in [5, 5.41) is 0. The van der Waals surface area contributed by atoms with Gasteiger partial charge in [0, 0.05) is 30.2 Å². The van der Waals surface area contributed by atoms with Crippen LogP contribution in [0.2, 0.25) is 0 Å². The third-order valence-electron chi connectivity index (χ3n) is 2.97. The summed E-state index contributed by atoms with van der Waals surface area (Å²) in [4.78, 5) is 13.1. The maximum atomic E-state index is 5.60. The molecule has 0 aromatic carbocycles. The van der Waals surface area contributed by atoms with Gasteiger partial charge in [-0.2, -0.15) is 0 Å². The van der Waals surface area contributed by atoms with Crippen LogP contribution in [0, 0.1) is 13.8 Å². The maximum absolute atomic E-state index is 5.60. The highest BCUT2D eigenvalue weighted by molar-refractivity contribution is 5.26. The Hall–Kier alpha value is -1.81. The van der Waals surface area contributed by atoms with E-state index in [0.717, 1.165) is 30.1 Å². The molecule has 0 saturated carbocycles. The monoisotopic (exact) mass is 242 g/mol. The van der Waals surface area contributed by atoms with Crippen LogP contribution in [-0.2, 0) is 12.8 Å². The van der Waals surface area contributed by atoms with Crippen LogP contribution in [0.1, 0.15) is 28.3 Å². The fraction of sp³-hybridized carbons (Fsp3) is 0.357. The fourth-order valence-corrected chi connectivity index (χ4v) is 2.08. The largest absolute Gasteiger partial charge is 0.330 e. The van der Waals surface area contributed by atoms with E-state index in [9.17, 15) is 0 Å². The van der Waals surface area contributed by atoms with Crippen molar-refractivity contribution in [2.75, 3.05) is 6.54 Å². The number of aromatic nitrogens is 3. The second kappa shape index (κ2) is 5.69. The van der Waals surface area contributed by atoms with E-state index in [1.54, 1.807) is 12.4 Å². The van der Waals surface area contributed by atoms with E-state index in [-0.39, 0.29) is 0 Å². The Morgan fingerprint density at radius 2 is 1.67 bits per heavy atom. The van der Waals surface area contributed by atoms with Gasteiger partial charge in [-0.25, -0.2) is 9.97 Å². The quantitative estimate of drug-likeness (QED) is 0.884. The SMILES string of the molecule is Cc1nc(Cc2ccncc2)nc(C)c1CCN. The van der Waals surface area contributed by atoms with Crippen molar-refractivity contribution in [2.24, 2.45) is 5.73 Å². The van der Waals surface area contributed by atoms with Crippen LogP contribution in [0.25, 0.3) is 0 Å². The topological polar surface area (TPSA) is 64.7 Å². The summed E-state index contributed by atoms with van der Waals surface area (Å²) >= 11 is 0. The van der Waals surface area contributed by atoms with Gasteiger partial charge >= 0.3 is 0 Å². The predicted octanol–water partition coefficient (Wildman–Crippen LogP) is 1.58. The zero-order valence-corrected chi connectivity index (χ0v) is 10.8. The minimum absolute atomic E-state index is 0.634. The molecule has 0 unspecified atom stereocenters. The minimum atomic E-state index is 0.634. The zero-order chi connectivity index (χ0) is 13.0. The van der Waals surface area contributed by atoms with Crippen molar-refractivity contribution in [3.63, 3.8) is 0 Å². The summed E-state index contributed by atoms with van der Waals surface area (Å²) in [5.41, 5.74) is 10.0. The minimum Gasteiger partial charge on any atom is -0.330 e. The molecule has 94 valence electrons. The molecule has 0 atom stereocenters. The van der Waals surface area contributed by atoms with Crippen LogP contribution in [0.5, 0.6) is 0 Å². The van der Waals surface area contributed by atoms with E-state index < -0.39 is 0 Å². The Bertz CT molecular complexity index is 500. The van der Waals surface area contributed by atoms with E-state index in [2.05, 4.69) is 15.0 Å². The second-order valence-electron chi connectivity index (χ2n) is 4.36. The molecule has 2 aromatic rings. The van der Waals surface area contributed by atoms with Gasteiger partial charge in [0.05, 0.1) is 0 Å². The molecule has 0 radical (unpaired) electrons. The summed E-state index contributed by atoms with van der Waals surface area (Å²) in [5.74, 6) is 0.858. The molecule has 2 aromatic heterocycles. The van der Waals surface area contributed by atoms with Crippen molar-refractivity contribution in [3.8, 4) is 0 Å². The van der Waals surface area contributed by atoms with Gasteiger partial charge in [0.2, 0.25) is 0 Å². The van der Waals surface area contributed by atoms with Crippen molar-refractivity contribution in [1.82, 2.24) is 15.0 Å². The van der Waals surface area contributed by atoms with Gasteiger partial charge < -0.3 is 5.73 Å². The lowest BCUT2D eigenvalue weighted by Gasteiger charge is -2.10. The number of pyridine rings is 1. The molecular weight excluding hydrogens is 224 g/mol. The van der Waals surface area contributed by atoms with Crippen molar-refractivity contribution in [3.05, 3.63) is 52.9 Å². The summed E-state index contributed by atoms with van der Waals surface area (Å²) in [6.45, 7) is 4.68. The van der Waals surface area contributed by atoms with Gasteiger partial charge in [-0.1, -0.05) is 0 Å². The highest BCUT2D eigenvalue weighted by Crippen LogP contribution is 2.12. The molecule has 0 bridgehead atoms. The van der Waals surface area contributed by atoms with Crippen LogP contribution in [0.15, 0.2) is 24.5 Å². The molecule has 0 aliphatic carbocycles. The smallest absolute Gasteiger partial charge is 0.133 e. The lowest BCUT2D eigenvalue weighted by Crippen LogP contribution is -2.10. The molecule has 0 fully saturated rings. The molecule has 2 rings (SSSR count). The van der Waals surface area contributed by atoms with Crippen LogP contribution in [0.3, 0.4) is 0 Å². The maximum Gasteiger partial charge on any atom is 0.133 e. The van der Waals surface area contributed by atoms with Gasteiger partial charge in [-0.15, -0.1) is 0 Å². The van der Waals surface area contributed by atoms with Crippen molar-refractivity contribution >= 4 is 0 Å². The molecule has 0 amide bonds. The molecular formula is C14H18N4. The highest BCUT2D eigenvalue weighted by Gasteiger charge is 2.08. The average molecular weight is 242 g/mol. The first-order chi connectivity index (χ1) is 8.70. The lowest BCUT2D eigenvalue weighted by atomic mass is 10.1. The van der Waals surface area contributed by atoms with Crippen molar-refractivity contribution < 1.29 is 0 Å². The molecule has 0 spiro atoms. The fourth-order valence-electron chi connectivity index (χ4n) is 2.08. The summed E-state index contributed by atoms with van der Waals surface area (Å²) in [7, 11) is 0. The summed E-state index contributed by atoms with van der Waals surface area (Å²) in [6, 6.07) is 3.98. The number of aryl methyl sites for hydroxylation is 2. The number of hydrogen-bond acceptors (Lipinski definition) is 4. The standard InChI is InChI=1S/C14H18N4/c1-10-13(3-6-15)11(2)18-14(17-10)9-12-4-7-16-8-5-12/h4-5,7-8H,3,6,9,15H2,1-2H3. The predicted molar refractivity (Wildman–Crippen MR) is 71.3 cm³/mol. The first-order valence-corrected chi connectivity index (χ1v) is 6.12. The molecule has 4 heteroatoms. The van der Waals surface area contributed by atoms with Gasteiger partial charge in [0.25, 0.3) is 0 Å². The van der Waals surface area contributed by atoms with E-state index in [1.807, 2.05) is 26.0 Å². The van der Waals surface area contributed by atoms with Crippen LogP contribution < -0.4 is 5.73 Å². The molecule has 18 heavy (non-hydrogen) atoms. The van der Waals surface area contributed by atoms with Gasteiger partial charge in [0.1, 0.15) is 5.82 Å². The van der Waals surface area contributed by atoms with Crippen LogP contribution >= 0.6 is 0 Å². The first-order valence-electron chi connectivity index (χ1n) is 6.12. The summed E-state index contributed by atoms with van der Waals surface area (Å²) in [6.07, 6.45) is 5.16. The molecule has 0 aliphatic rings. The molecule has 4 nitrogen and oxygen atoms in total. The molecule has 0 aliphatic heterocycles. The zero-order valence-electron chi connectivity index (χ0n) is 10.8. The number of hydrogen-bond donors (Lipinski definition) is 1. The third kappa shape index (κ3) is 2.90. The Morgan fingerprint density at radius 3 is 2.22 bits per heavy atom. The van der Waals surface area contributed by atoms with Crippen LogP contribution in [-0.4, -0.2) is 21.5 Å². The van der Waals surface area contributed by atoms with Gasteiger partial charge in [-0.05, 0) is 50.1 Å². The summed E-state index contributed by atoms with van der Waals surface area (Å²) < 4.78 is 0. The third-order valence-corrected chi connectivity index (χ3v) is 2.97. The van der Waals surface area contributed by atoms with E-state index in [0.29, 0.717) is 6.54 Å². The number of rotatable bonds is 4. The Balaban J connectivity index is 2.25. The Kier molecular flexibility index (Phi) is 3.99. The second-order valence-corrected chi connectivity index (χ2v) is 4.36. The molecule has 2 N–H and O–H groups in total. The first kappa shape index (κ1) is 12.6. The van der Waals surface area contributed by atoms with Crippen molar-refractivity contribution in [2.45, 2.75) is 26.7 Å². The number of nitrogens with two attached hydrogens (primary N) is 1. The van der Waals surface area contributed by atoms with E-state index >= 15 is 0 Å². The van der Waals surface area contributed by atoms with Gasteiger partial charge in [0.15, 0.2) is 0 Å². The molecule has 2 heterocycles. The van der Waals surface area contributed by atoms with Gasteiger partial charge in [-0.3, -0.25) is 4.98 Å². The lowest BCUT2D eigenvalue weighted by molar-refractivity contribution is 0.850. The highest BCUT2D eigenvalue weighted by atomic mass is 14.9. The molecule has 0 saturated heterocycles. The van der Waals surface area contributed by atoms with Crippen LogP contribution in [0.4, 0.5) is 0 Å². The average Bonchev–Trinajstić information content (AvgIpc) is 2.35. The normalized spacial score (nSPS) is 10.6. The van der Waals surface area contributed by atoms with E-state index in [1.165, 1.54) is 11.1 Å². The van der Waals surface area contributed by atoms with Crippen molar-refractivity contribution in [1.29, 1.82) is 0 Å². The number of nitrogens with zero attached hydrogens (tertiary/aromatic N) is 3. The Morgan fingerprint density at radius 1 is 1.06 bits per heavy atom. The van der Waals surface area contributed by atoms with E-state index in [4.69, 9.17) is 5.73 Å². The Labute approximate surface area is 107 Å².